The molecule has 0 radical (unpaired) electrons. The zero-order chi connectivity index (χ0) is 17.7. The summed E-state index contributed by atoms with van der Waals surface area (Å²) in [5, 5.41) is 22.8. The standard InChI is InChI=1S/C15H19N3O6.ClH/c1-24-10-5-6-11(13(8-10)18(22)23)16-14(19)9-17-7-3-2-4-12(17)15(20)21;/h5-6,8,12H,2-4,7,9H2,1H3,(H,16,19)(H,20,21);1H. The van der Waals surface area contributed by atoms with Crippen molar-refractivity contribution >= 4 is 35.7 Å². The molecule has 1 amide bonds. The molecule has 25 heavy (non-hydrogen) atoms. The van der Waals surface area contributed by atoms with Gasteiger partial charge < -0.3 is 15.2 Å². The number of carbonyl (C=O) groups is 2. The lowest BCUT2D eigenvalue weighted by Crippen LogP contribution is -2.47. The number of piperidine rings is 1. The van der Waals surface area contributed by atoms with Gasteiger partial charge in [-0.1, -0.05) is 6.42 Å². The number of hydrogen-bond donors (Lipinski definition) is 2. The monoisotopic (exact) mass is 373 g/mol. The van der Waals surface area contributed by atoms with Crippen molar-refractivity contribution in [3.05, 3.63) is 28.3 Å². The smallest absolute Gasteiger partial charge is 0.320 e. The van der Waals surface area contributed by atoms with Crippen LogP contribution in [-0.2, 0) is 9.59 Å². The molecule has 0 spiro atoms. The number of nitro groups is 1. The van der Waals surface area contributed by atoms with E-state index in [1.165, 1.54) is 25.3 Å². The predicted octanol–water partition coefficient (Wildman–Crippen LogP) is 1.90. The van der Waals surface area contributed by atoms with Crippen molar-refractivity contribution in [2.24, 2.45) is 0 Å². The van der Waals surface area contributed by atoms with Crippen molar-refractivity contribution in [3.8, 4) is 5.75 Å². The lowest BCUT2D eigenvalue weighted by molar-refractivity contribution is -0.384. The highest BCUT2D eigenvalue weighted by molar-refractivity contribution is 5.95. The number of nitro benzene ring substituents is 1. The number of carboxylic acids is 1. The van der Waals surface area contributed by atoms with E-state index in [-0.39, 0.29) is 30.3 Å². The van der Waals surface area contributed by atoms with E-state index in [9.17, 15) is 24.8 Å². The van der Waals surface area contributed by atoms with E-state index >= 15 is 0 Å². The van der Waals surface area contributed by atoms with Crippen LogP contribution in [0.15, 0.2) is 18.2 Å². The fourth-order valence-electron chi connectivity index (χ4n) is 2.73. The van der Waals surface area contributed by atoms with Crippen LogP contribution in [0.1, 0.15) is 19.3 Å². The third-order valence-electron chi connectivity index (χ3n) is 3.92. The third kappa shape index (κ3) is 5.30. The fourth-order valence-corrected chi connectivity index (χ4v) is 2.73. The quantitative estimate of drug-likeness (QED) is 0.576. The van der Waals surface area contributed by atoms with Gasteiger partial charge in [0.1, 0.15) is 17.5 Å². The van der Waals surface area contributed by atoms with Gasteiger partial charge in [0.25, 0.3) is 5.69 Å². The normalized spacial score (nSPS) is 17.2. The van der Waals surface area contributed by atoms with Gasteiger partial charge in [-0.25, -0.2) is 0 Å². The molecule has 1 saturated heterocycles. The second kappa shape index (κ2) is 9.19. The topological polar surface area (TPSA) is 122 Å². The number of ether oxygens (including phenoxy) is 1. The third-order valence-corrected chi connectivity index (χ3v) is 3.92. The molecule has 9 nitrogen and oxygen atoms in total. The average molecular weight is 374 g/mol. The number of amides is 1. The van der Waals surface area contributed by atoms with E-state index in [1.807, 2.05) is 0 Å². The molecule has 1 unspecified atom stereocenters. The molecule has 138 valence electrons. The molecule has 0 aliphatic carbocycles. The van der Waals surface area contributed by atoms with Crippen LogP contribution in [-0.4, -0.2) is 53.0 Å². The van der Waals surface area contributed by atoms with Gasteiger partial charge in [0.15, 0.2) is 0 Å². The number of nitrogens with zero attached hydrogens (tertiary/aromatic N) is 2. The Morgan fingerprint density at radius 2 is 2.16 bits per heavy atom. The van der Waals surface area contributed by atoms with Crippen molar-refractivity contribution in [2.75, 3.05) is 25.5 Å². The summed E-state index contributed by atoms with van der Waals surface area (Å²) < 4.78 is 4.94. The van der Waals surface area contributed by atoms with E-state index in [0.717, 1.165) is 12.8 Å². The lowest BCUT2D eigenvalue weighted by Gasteiger charge is -2.32. The van der Waals surface area contributed by atoms with Gasteiger partial charge in [-0.2, -0.15) is 0 Å². The summed E-state index contributed by atoms with van der Waals surface area (Å²) >= 11 is 0. The Morgan fingerprint density at radius 1 is 1.44 bits per heavy atom. The van der Waals surface area contributed by atoms with Crippen LogP contribution in [0.3, 0.4) is 0 Å². The molecule has 1 atom stereocenters. The van der Waals surface area contributed by atoms with Crippen molar-refractivity contribution in [1.29, 1.82) is 0 Å². The molecule has 2 rings (SSSR count). The minimum absolute atomic E-state index is 0. The van der Waals surface area contributed by atoms with Gasteiger partial charge in [-0.05, 0) is 31.5 Å². The number of aliphatic carboxylic acids is 1. The van der Waals surface area contributed by atoms with Crippen molar-refractivity contribution < 1.29 is 24.4 Å². The Morgan fingerprint density at radius 3 is 2.76 bits per heavy atom. The lowest BCUT2D eigenvalue weighted by atomic mass is 10.0. The van der Waals surface area contributed by atoms with Gasteiger partial charge >= 0.3 is 5.97 Å². The molecule has 0 saturated carbocycles. The van der Waals surface area contributed by atoms with Gasteiger partial charge in [0, 0.05) is 0 Å². The van der Waals surface area contributed by atoms with Crippen LogP contribution in [0, 0.1) is 10.1 Å². The van der Waals surface area contributed by atoms with Crippen molar-refractivity contribution in [1.82, 2.24) is 4.90 Å². The van der Waals surface area contributed by atoms with Gasteiger partial charge in [0.2, 0.25) is 5.91 Å². The Labute approximate surface area is 150 Å². The maximum absolute atomic E-state index is 12.2. The fraction of sp³-hybridized carbons (Fsp3) is 0.467. The van der Waals surface area contributed by atoms with E-state index in [0.29, 0.717) is 18.7 Å². The maximum atomic E-state index is 12.2. The summed E-state index contributed by atoms with van der Waals surface area (Å²) in [7, 11) is 1.39. The zero-order valence-corrected chi connectivity index (χ0v) is 14.5. The molecule has 1 aliphatic heterocycles. The van der Waals surface area contributed by atoms with E-state index in [2.05, 4.69) is 5.32 Å². The Balaban J connectivity index is 0.00000312. The number of methoxy groups -OCH3 is 1. The number of carbonyl (C=O) groups excluding carboxylic acids is 1. The average Bonchev–Trinajstić information content (AvgIpc) is 2.55. The van der Waals surface area contributed by atoms with Gasteiger partial charge in [-0.3, -0.25) is 24.6 Å². The minimum atomic E-state index is -0.960. The van der Waals surface area contributed by atoms with Gasteiger partial charge in [-0.15, -0.1) is 12.4 Å². The van der Waals surface area contributed by atoms with Crippen molar-refractivity contribution in [2.45, 2.75) is 25.3 Å². The number of rotatable bonds is 6. The molecule has 0 bridgehead atoms. The Kier molecular flexibility index (Phi) is 7.59. The molecular weight excluding hydrogens is 354 g/mol. The molecule has 10 heteroatoms. The minimum Gasteiger partial charge on any atom is -0.496 e. The summed E-state index contributed by atoms with van der Waals surface area (Å²) in [5.41, 5.74) is -0.231. The summed E-state index contributed by atoms with van der Waals surface area (Å²) in [5.74, 6) is -1.14. The van der Waals surface area contributed by atoms with E-state index in [4.69, 9.17) is 4.74 Å². The summed E-state index contributed by atoms with van der Waals surface area (Å²) in [4.78, 5) is 35.5. The molecule has 1 fully saturated rings. The van der Waals surface area contributed by atoms with Crippen LogP contribution in [0.5, 0.6) is 5.75 Å². The molecular formula is C15H20ClN3O6. The van der Waals surface area contributed by atoms with E-state index in [1.54, 1.807) is 4.90 Å². The summed E-state index contributed by atoms with van der Waals surface area (Å²) in [6.45, 7) is 0.384. The number of nitrogens with one attached hydrogen (secondary N) is 1. The van der Waals surface area contributed by atoms with Crippen LogP contribution in [0.2, 0.25) is 0 Å². The number of carboxylic acid groups (broad SMARTS) is 1. The Hall–Kier alpha value is -2.39. The molecule has 1 heterocycles. The summed E-state index contributed by atoms with van der Waals surface area (Å²) in [6.07, 6.45) is 2.12. The highest BCUT2D eigenvalue weighted by Crippen LogP contribution is 2.29. The molecule has 2 N–H and O–H groups in total. The highest BCUT2D eigenvalue weighted by Gasteiger charge is 2.30. The van der Waals surface area contributed by atoms with Gasteiger partial charge in [0.05, 0.1) is 24.6 Å². The predicted molar refractivity (Wildman–Crippen MR) is 92.4 cm³/mol. The SMILES string of the molecule is COc1ccc(NC(=O)CN2CCCCC2C(=O)O)c([N+](=O)[O-])c1.Cl. The largest absolute Gasteiger partial charge is 0.496 e. The summed E-state index contributed by atoms with van der Waals surface area (Å²) in [6, 6.07) is 3.41. The van der Waals surface area contributed by atoms with Crippen molar-refractivity contribution in [3.63, 3.8) is 0 Å². The number of hydrogen-bond acceptors (Lipinski definition) is 6. The first-order valence-electron chi connectivity index (χ1n) is 7.51. The molecule has 1 aliphatic rings. The van der Waals surface area contributed by atoms with Crippen LogP contribution >= 0.6 is 12.4 Å². The van der Waals surface area contributed by atoms with Crippen LogP contribution in [0.25, 0.3) is 0 Å². The number of anilines is 1. The Bertz CT molecular complexity index is 654. The first-order valence-corrected chi connectivity index (χ1v) is 7.51. The first kappa shape index (κ1) is 20.7. The molecule has 1 aromatic carbocycles. The van der Waals surface area contributed by atoms with Crippen LogP contribution < -0.4 is 10.1 Å². The second-order valence-corrected chi connectivity index (χ2v) is 5.51. The zero-order valence-electron chi connectivity index (χ0n) is 13.6. The first-order chi connectivity index (χ1) is 11.4. The molecule has 0 aromatic heterocycles. The number of benzene rings is 1. The number of likely N-dealkylation sites (tertiary alicyclic amines) is 1. The number of halogens is 1. The highest BCUT2D eigenvalue weighted by atomic mass is 35.5. The van der Waals surface area contributed by atoms with E-state index < -0.39 is 22.8 Å². The van der Waals surface area contributed by atoms with Crippen LogP contribution in [0.4, 0.5) is 11.4 Å². The molecule has 1 aromatic rings. The second-order valence-electron chi connectivity index (χ2n) is 5.51. The maximum Gasteiger partial charge on any atom is 0.320 e.